The van der Waals surface area contributed by atoms with E-state index < -0.39 is 0 Å². The van der Waals surface area contributed by atoms with E-state index in [0.29, 0.717) is 17.4 Å². The number of benzene rings is 1. The van der Waals surface area contributed by atoms with Gasteiger partial charge < -0.3 is 10.6 Å². The zero-order valence-electron chi connectivity index (χ0n) is 10.8. The van der Waals surface area contributed by atoms with Crippen molar-refractivity contribution in [2.45, 2.75) is 12.5 Å². The fourth-order valence-corrected chi connectivity index (χ4v) is 2.58. The Morgan fingerprint density at radius 2 is 2.15 bits per heavy atom. The molecular formula is C15H14ClN3O. The monoisotopic (exact) mass is 287 g/mol. The molecule has 1 amide bonds. The molecule has 2 N–H and O–H groups in total. The van der Waals surface area contributed by atoms with Gasteiger partial charge in [0.25, 0.3) is 0 Å². The molecular weight excluding hydrogens is 274 g/mol. The summed E-state index contributed by atoms with van der Waals surface area (Å²) in [7, 11) is 0. The molecule has 102 valence electrons. The minimum absolute atomic E-state index is 0.0924. The van der Waals surface area contributed by atoms with Crippen LogP contribution < -0.4 is 10.6 Å². The van der Waals surface area contributed by atoms with Crippen LogP contribution in [-0.2, 0) is 11.3 Å². The third kappa shape index (κ3) is 2.53. The first kappa shape index (κ1) is 13.1. The van der Waals surface area contributed by atoms with Crippen molar-refractivity contribution < 1.29 is 4.79 Å². The quantitative estimate of drug-likeness (QED) is 0.892. The molecule has 0 spiro atoms. The zero-order valence-corrected chi connectivity index (χ0v) is 11.5. The normalized spacial score (nSPS) is 17.4. The molecule has 2 heterocycles. The summed E-state index contributed by atoms with van der Waals surface area (Å²) in [5.41, 5.74) is 2.22. The summed E-state index contributed by atoms with van der Waals surface area (Å²) in [5, 5.41) is 6.50. The fourth-order valence-electron chi connectivity index (χ4n) is 2.41. The van der Waals surface area contributed by atoms with Gasteiger partial charge in [-0.2, -0.15) is 0 Å². The maximum atomic E-state index is 12.4. The van der Waals surface area contributed by atoms with E-state index in [1.807, 2.05) is 24.3 Å². The summed E-state index contributed by atoms with van der Waals surface area (Å²) < 4.78 is 0. The fraction of sp³-hybridized carbons (Fsp3) is 0.200. The van der Waals surface area contributed by atoms with Crippen molar-refractivity contribution in [3.63, 3.8) is 0 Å². The predicted octanol–water partition coefficient (Wildman–Crippen LogP) is 2.56. The molecule has 1 aliphatic rings. The topological polar surface area (TPSA) is 54.0 Å². The van der Waals surface area contributed by atoms with E-state index in [2.05, 4.69) is 15.6 Å². The number of nitrogens with one attached hydrogen (secondary N) is 2. The smallest absolute Gasteiger partial charge is 0.234 e. The van der Waals surface area contributed by atoms with E-state index in [4.69, 9.17) is 11.6 Å². The summed E-state index contributed by atoms with van der Waals surface area (Å²) >= 11 is 6.01. The van der Waals surface area contributed by atoms with Crippen molar-refractivity contribution >= 4 is 23.3 Å². The van der Waals surface area contributed by atoms with Gasteiger partial charge in [0.1, 0.15) is 0 Å². The van der Waals surface area contributed by atoms with Crippen LogP contribution in [0.5, 0.6) is 0 Å². The Bertz CT molecular complexity index is 645. The molecule has 1 aromatic carbocycles. The molecule has 0 saturated heterocycles. The molecule has 3 rings (SSSR count). The van der Waals surface area contributed by atoms with E-state index in [1.165, 1.54) is 0 Å². The lowest BCUT2D eigenvalue weighted by molar-refractivity contribution is -0.117. The Labute approximate surface area is 122 Å². The molecule has 4 nitrogen and oxygen atoms in total. The Kier molecular flexibility index (Phi) is 3.67. The van der Waals surface area contributed by atoms with Crippen LogP contribution in [0.4, 0.5) is 5.82 Å². The molecule has 1 aromatic heterocycles. The van der Waals surface area contributed by atoms with Crippen LogP contribution in [0.25, 0.3) is 0 Å². The van der Waals surface area contributed by atoms with Gasteiger partial charge in [0.15, 0.2) is 5.82 Å². The largest absolute Gasteiger partial charge is 0.312 e. The molecule has 0 radical (unpaired) electrons. The van der Waals surface area contributed by atoms with E-state index in [9.17, 15) is 4.79 Å². The Morgan fingerprint density at radius 3 is 3.00 bits per heavy atom. The van der Waals surface area contributed by atoms with Gasteiger partial charge >= 0.3 is 0 Å². The number of hydrogen-bond donors (Lipinski definition) is 2. The van der Waals surface area contributed by atoms with Crippen molar-refractivity contribution in [1.82, 2.24) is 10.3 Å². The molecule has 20 heavy (non-hydrogen) atoms. The minimum Gasteiger partial charge on any atom is -0.312 e. The second-order valence-corrected chi connectivity index (χ2v) is 5.11. The van der Waals surface area contributed by atoms with Gasteiger partial charge in [-0.05, 0) is 23.3 Å². The van der Waals surface area contributed by atoms with Crippen molar-refractivity contribution in [2.75, 3.05) is 11.9 Å². The van der Waals surface area contributed by atoms with Crippen LogP contribution in [0.3, 0.4) is 0 Å². The third-order valence-electron chi connectivity index (χ3n) is 3.41. The molecule has 0 bridgehead atoms. The van der Waals surface area contributed by atoms with Crippen LogP contribution in [0.2, 0.25) is 5.02 Å². The maximum absolute atomic E-state index is 12.4. The first-order chi connectivity index (χ1) is 9.75. The average Bonchev–Trinajstić information content (AvgIpc) is 2.49. The Morgan fingerprint density at radius 1 is 1.30 bits per heavy atom. The second-order valence-electron chi connectivity index (χ2n) is 4.71. The lowest BCUT2D eigenvalue weighted by atomic mass is 9.90. The highest BCUT2D eigenvalue weighted by Gasteiger charge is 2.26. The minimum atomic E-state index is -0.224. The summed E-state index contributed by atoms with van der Waals surface area (Å²) in [6, 6.07) is 11.4. The van der Waals surface area contributed by atoms with E-state index in [-0.39, 0.29) is 11.8 Å². The number of halogens is 1. The number of amides is 1. The predicted molar refractivity (Wildman–Crippen MR) is 78.8 cm³/mol. The SMILES string of the molecule is O=C(Nc1ncccc1Cl)C1CNCc2ccccc21. The van der Waals surface area contributed by atoms with E-state index >= 15 is 0 Å². The lowest BCUT2D eigenvalue weighted by Crippen LogP contribution is -2.35. The number of nitrogens with zero attached hydrogens (tertiary/aromatic N) is 1. The molecule has 1 unspecified atom stereocenters. The van der Waals surface area contributed by atoms with Crippen LogP contribution in [0.1, 0.15) is 17.0 Å². The number of carbonyl (C=O) groups excluding carboxylic acids is 1. The molecule has 5 heteroatoms. The van der Waals surface area contributed by atoms with Crippen LogP contribution >= 0.6 is 11.6 Å². The van der Waals surface area contributed by atoms with Gasteiger partial charge in [-0.1, -0.05) is 35.9 Å². The van der Waals surface area contributed by atoms with Crippen molar-refractivity contribution in [2.24, 2.45) is 0 Å². The first-order valence-corrected chi connectivity index (χ1v) is 6.83. The highest BCUT2D eigenvalue weighted by molar-refractivity contribution is 6.33. The molecule has 0 saturated carbocycles. The molecule has 1 aliphatic heterocycles. The van der Waals surface area contributed by atoms with Gasteiger partial charge in [0.05, 0.1) is 10.9 Å². The number of carbonyl (C=O) groups is 1. The third-order valence-corrected chi connectivity index (χ3v) is 3.72. The van der Waals surface area contributed by atoms with Gasteiger partial charge in [0, 0.05) is 19.3 Å². The van der Waals surface area contributed by atoms with Gasteiger partial charge in [-0.15, -0.1) is 0 Å². The van der Waals surface area contributed by atoms with Gasteiger partial charge in [-0.3, -0.25) is 4.79 Å². The standard InChI is InChI=1S/C15H14ClN3O/c16-13-6-3-7-18-14(13)19-15(20)12-9-17-8-10-4-1-2-5-11(10)12/h1-7,12,17H,8-9H2,(H,18,19,20). The van der Waals surface area contributed by atoms with Crippen molar-refractivity contribution in [1.29, 1.82) is 0 Å². The number of anilines is 1. The second kappa shape index (κ2) is 5.61. The van der Waals surface area contributed by atoms with Crippen LogP contribution in [0.15, 0.2) is 42.6 Å². The zero-order chi connectivity index (χ0) is 13.9. The molecule has 0 aliphatic carbocycles. The summed E-state index contributed by atoms with van der Waals surface area (Å²) in [4.78, 5) is 16.5. The number of aromatic nitrogens is 1. The molecule has 2 aromatic rings. The van der Waals surface area contributed by atoms with E-state index in [1.54, 1.807) is 18.3 Å². The van der Waals surface area contributed by atoms with E-state index in [0.717, 1.165) is 17.7 Å². The number of pyridine rings is 1. The maximum Gasteiger partial charge on any atom is 0.234 e. The molecule has 1 atom stereocenters. The van der Waals surface area contributed by atoms with Crippen LogP contribution in [0, 0.1) is 0 Å². The number of fused-ring (bicyclic) bond motifs is 1. The van der Waals surface area contributed by atoms with Crippen molar-refractivity contribution in [3.05, 3.63) is 58.7 Å². The van der Waals surface area contributed by atoms with Gasteiger partial charge in [-0.25, -0.2) is 4.98 Å². The first-order valence-electron chi connectivity index (χ1n) is 6.45. The Hall–Kier alpha value is -1.91. The summed E-state index contributed by atoms with van der Waals surface area (Å²) in [5.74, 6) is 0.0884. The molecule has 0 fully saturated rings. The summed E-state index contributed by atoms with van der Waals surface area (Å²) in [6.45, 7) is 1.41. The highest BCUT2D eigenvalue weighted by Crippen LogP contribution is 2.26. The average molecular weight is 288 g/mol. The Balaban J connectivity index is 1.84. The number of rotatable bonds is 2. The number of hydrogen-bond acceptors (Lipinski definition) is 3. The van der Waals surface area contributed by atoms with Crippen molar-refractivity contribution in [3.8, 4) is 0 Å². The highest BCUT2D eigenvalue weighted by atomic mass is 35.5. The lowest BCUT2D eigenvalue weighted by Gasteiger charge is -2.25. The van der Waals surface area contributed by atoms with Gasteiger partial charge in [0.2, 0.25) is 5.91 Å². The van der Waals surface area contributed by atoms with Crippen LogP contribution in [-0.4, -0.2) is 17.4 Å². The summed E-state index contributed by atoms with van der Waals surface area (Å²) in [6.07, 6.45) is 1.61.